The van der Waals surface area contributed by atoms with Gasteiger partial charge in [0.2, 0.25) is 0 Å². The molecule has 0 bridgehead atoms. The van der Waals surface area contributed by atoms with Crippen LogP contribution in [0.5, 0.6) is 5.75 Å². The number of methoxy groups -OCH3 is 1. The fourth-order valence-corrected chi connectivity index (χ4v) is 2.90. The van der Waals surface area contributed by atoms with Crippen LogP contribution in [0.2, 0.25) is 0 Å². The summed E-state index contributed by atoms with van der Waals surface area (Å²) in [5.41, 5.74) is 2.84. The van der Waals surface area contributed by atoms with Crippen molar-refractivity contribution in [3.8, 4) is 5.75 Å². The van der Waals surface area contributed by atoms with Gasteiger partial charge in [0, 0.05) is 12.0 Å². The summed E-state index contributed by atoms with van der Waals surface area (Å²) >= 11 is 0. The first-order chi connectivity index (χ1) is 10.8. The lowest BCUT2D eigenvalue weighted by molar-refractivity contribution is -0.0640. The number of ether oxygens (including phenoxy) is 2. The highest BCUT2D eigenvalue weighted by atomic mass is 16.5. The van der Waals surface area contributed by atoms with Crippen molar-refractivity contribution >= 4 is 0 Å². The fraction of sp³-hybridized carbons (Fsp3) is 0.368. The molecule has 3 heteroatoms. The lowest BCUT2D eigenvalue weighted by Gasteiger charge is -2.42. The van der Waals surface area contributed by atoms with Crippen LogP contribution in [0, 0.1) is 0 Å². The second-order valence-electron chi connectivity index (χ2n) is 5.91. The van der Waals surface area contributed by atoms with Crippen LogP contribution in [-0.2, 0) is 16.7 Å². The molecule has 3 nitrogen and oxygen atoms in total. The maximum atomic E-state index is 5.51. The van der Waals surface area contributed by atoms with Gasteiger partial charge in [-0.15, -0.1) is 0 Å². The first kappa shape index (κ1) is 15.1. The molecule has 0 aliphatic carbocycles. The van der Waals surface area contributed by atoms with Crippen molar-refractivity contribution in [2.24, 2.45) is 0 Å². The molecule has 0 unspecified atom stereocenters. The largest absolute Gasteiger partial charge is 0.497 e. The van der Waals surface area contributed by atoms with Gasteiger partial charge in [0.15, 0.2) is 0 Å². The van der Waals surface area contributed by atoms with Gasteiger partial charge in [-0.3, -0.25) is 0 Å². The Hall–Kier alpha value is -1.84. The Balaban J connectivity index is 1.54. The van der Waals surface area contributed by atoms with E-state index in [2.05, 4.69) is 41.7 Å². The molecule has 0 aromatic heterocycles. The van der Waals surface area contributed by atoms with Crippen molar-refractivity contribution in [3.63, 3.8) is 0 Å². The minimum atomic E-state index is 0.163. The quantitative estimate of drug-likeness (QED) is 0.796. The van der Waals surface area contributed by atoms with Crippen LogP contribution in [0.15, 0.2) is 54.6 Å². The molecule has 1 aliphatic heterocycles. The highest BCUT2D eigenvalue weighted by Gasteiger charge is 2.39. The second kappa shape index (κ2) is 6.95. The topological polar surface area (TPSA) is 30.5 Å². The third-order valence-electron chi connectivity index (χ3n) is 4.41. The van der Waals surface area contributed by atoms with Gasteiger partial charge in [0.25, 0.3) is 0 Å². The molecule has 1 saturated heterocycles. The number of benzene rings is 2. The van der Waals surface area contributed by atoms with Crippen molar-refractivity contribution in [2.75, 3.05) is 26.9 Å². The van der Waals surface area contributed by atoms with Crippen LogP contribution in [-0.4, -0.2) is 26.9 Å². The maximum Gasteiger partial charge on any atom is 0.118 e. The van der Waals surface area contributed by atoms with Crippen LogP contribution in [0.25, 0.3) is 0 Å². The molecular weight excluding hydrogens is 274 g/mol. The van der Waals surface area contributed by atoms with Crippen molar-refractivity contribution in [1.82, 2.24) is 5.32 Å². The van der Waals surface area contributed by atoms with Crippen LogP contribution in [0.3, 0.4) is 0 Å². The molecule has 0 spiro atoms. The number of rotatable bonds is 7. The van der Waals surface area contributed by atoms with Crippen LogP contribution in [0.1, 0.15) is 17.5 Å². The van der Waals surface area contributed by atoms with E-state index < -0.39 is 0 Å². The third-order valence-corrected chi connectivity index (χ3v) is 4.41. The van der Waals surface area contributed by atoms with Gasteiger partial charge in [-0.25, -0.2) is 0 Å². The van der Waals surface area contributed by atoms with E-state index in [4.69, 9.17) is 9.47 Å². The molecule has 0 amide bonds. The molecule has 0 saturated carbocycles. The van der Waals surface area contributed by atoms with Crippen molar-refractivity contribution < 1.29 is 9.47 Å². The van der Waals surface area contributed by atoms with Crippen molar-refractivity contribution in [1.29, 1.82) is 0 Å². The van der Waals surface area contributed by atoms with Gasteiger partial charge in [0.1, 0.15) is 5.75 Å². The third kappa shape index (κ3) is 3.32. The Labute approximate surface area is 132 Å². The molecule has 3 rings (SSSR count). The van der Waals surface area contributed by atoms with Crippen LogP contribution >= 0.6 is 0 Å². The SMILES string of the molecule is COc1ccc(C2(CCNCc3ccccc3)COC2)cc1. The molecule has 116 valence electrons. The molecule has 1 heterocycles. The number of hydrogen-bond acceptors (Lipinski definition) is 3. The van der Waals surface area contributed by atoms with Crippen molar-refractivity contribution in [2.45, 2.75) is 18.4 Å². The molecule has 2 aromatic rings. The molecule has 1 aliphatic rings. The zero-order valence-electron chi connectivity index (χ0n) is 13.0. The minimum absolute atomic E-state index is 0.163. The van der Waals surface area contributed by atoms with E-state index in [1.807, 2.05) is 18.2 Å². The molecule has 0 atom stereocenters. The van der Waals surface area contributed by atoms with Gasteiger partial charge in [-0.05, 0) is 36.2 Å². The maximum absolute atomic E-state index is 5.51. The first-order valence-corrected chi connectivity index (χ1v) is 7.79. The van der Waals surface area contributed by atoms with Crippen LogP contribution < -0.4 is 10.1 Å². The average molecular weight is 297 g/mol. The molecule has 0 radical (unpaired) electrons. The van der Waals surface area contributed by atoms with E-state index in [1.54, 1.807) is 7.11 Å². The smallest absolute Gasteiger partial charge is 0.118 e. The van der Waals surface area contributed by atoms with Gasteiger partial charge in [-0.1, -0.05) is 42.5 Å². The molecular formula is C19H23NO2. The van der Waals surface area contributed by atoms with E-state index in [9.17, 15) is 0 Å². The molecule has 22 heavy (non-hydrogen) atoms. The Kier molecular flexibility index (Phi) is 4.76. The summed E-state index contributed by atoms with van der Waals surface area (Å²) in [5.74, 6) is 0.904. The lowest BCUT2D eigenvalue weighted by atomic mass is 9.76. The Bertz CT molecular complexity index is 576. The normalized spacial score (nSPS) is 16.0. The second-order valence-corrected chi connectivity index (χ2v) is 5.91. The lowest BCUT2D eigenvalue weighted by Crippen LogP contribution is -2.48. The van der Waals surface area contributed by atoms with E-state index in [0.29, 0.717) is 0 Å². The summed E-state index contributed by atoms with van der Waals surface area (Å²) in [6.45, 7) is 3.53. The zero-order valence-corrected chi connectivity index (χ0v) is 13.0. The summed E-state index contributed by atoms with van der Waals surface area (Å²) in [5, 5.41) is 3.54. The molecule has 1 fully saturated rings. The summed E-state index contributed by atoms with van der Waals surface area (Å²) < 4.78 is 10.7. The van der Waals surface area contributed by atoms with E-state index >= 15 is 0 Å². The van der Waals surface area contributed by atoms with Gasteiger partial charge in [0.05, 0.1) is 20.3 Å². The van der Waals surface area contributed by atoms with Gasteiger partial charge >= 0.3 is 0 Å². The van der Waals surface area contributed by atoms with E-state index in [-0.39, 0.29) is 5.41 Å². The van der Waals surface area contributed by atoms with Crippen molar-refractivity contribution in [3.05, 3.63) is 65.7 Å². The Morgan fingerprint density at radius 2 is 1.77 bits per heavy atom. The predicted octanol–water partition coefficient (Wildman–Crippen LogP) is 3.14. The zero-order chi connectivity index (χ0) is 15.3. The van der Waals surface area contributed by atoms with E-state index in [1.165, 1.54) is 11.1 Å². The standard InChI is InChI=1S/C19H23NO2/c1-21-18-9-7-17(8-10-18)19(14-22-15-19)11-12-20-13-16-5-3-2-4-6-16/h2-10,20H,11-15H2,1H3. The number of nitrogens with one attached hydrogen (secondary N) is 1. The summed E-state index contributed by atoms with van der Waals surface area (Å²) in [6.07, 6.45) is 1.09. The van der Waals surface area contributed by atoms with Crippen LogP contribution in [0.4, 0.5) is 0 Å². The first-order valence-electron chi connectivity index (χ1n) is 7.79. The molecule has 1 N–H and O–H groups in total. The Morgan fingerprint density at radius 1 is 1.05 bits per heavy atom. The average Bonchev–Trinajstić information content (AvgIpc) is 2.55. The predicted molar refractivity (Wildman–Crippen MR) is 88.3 cm³/mol. The van der Waals surface area contributed by atoms with Gasteiger partial charge < -0.3 is 14.8 Å². The highest BCUT2D eigenvalue weighted by molar-refractivity contribution is 5.34. The Morgan fingerprint density at radius 3 is 2.36 bits per heavy atom. The fourth-order valence-electron chi connectivity index (χ4n) is 2.90. The summed E-state index contributed by atoms with van der Waals surface area (Å²) in [6, 6.07) is 18.9. The number of hydrogen-bond donors (Lipinski definition) is 1. The summed E-state index contributed by atoms with van der Waals surface area (Å²) in [4.78, 5) is 0. The summed E-state index contributed by atoms with van der Waals surface area (Å²) in [7, 11) is 1.70. The molecule has 2 aromatic carbocycles. The minimum Gasteiger partial charge on any atom is -0.497 e. The highest BCUT2D eigenvalue weighted by Crippen LogP contribution is 2.36. The van der Waals surface area contributed by atoms with Gasteiger partial charge in [-0.2, -0.15) is 0 Å². The monoisotopic (exact) mass is 297 g/mol. The van der Waals surface area contributed by atoms with E-state index in [0.717, 1.165) is 38.5 Å².